The van der Waals surface area contributed by atoms with Gasteiger partial charge in [0.2, 0.25) is 0 Å². The lowest BCUT2D eigenvalue weighted by Gasteiger charge is -2.24. The number of thiophene rings is 1. The molecule has 184 valence electrons. The van der Waals surface area contributed by atoms with Gasteiger partial charge in [-0.1, -0.05) is 12.1 Å². The van der Waals surface area contributed by atoms with E-state index in [1.165, 1.54) is 4.90 Å². The van der Waals surface area contributed by atoms with Crippen LogP contribution in [0.25, 0.3) is 20.5 Å². The fourth-order valence-electron chi connectivity index (χ4n) is 2.97. The molecule has 1 atom stereocenters. The summed E-state index contributed by atoms with van der Waals surface area (Å²) in [5.74, 6) is 0.564. The number of aliphatic hydroxyl groups excluding tert-OH is 1. The van der Waals surface area contributed by atoms with Crippen LogP contribution in [0.2, 0.25) is 0 Å². The second-order valence-electron chi connectivity index (χ2n) is 8.85. The molecule has 3 aromatic rings. The van der Waals surface area contributed by atoms with Crippen LogP contribution >= 0.6 is 11.3 Å². The summed E-state index contributed by atoms with van der Waals surface area (Å²) in [6.45, 7) is 5.04. The van der Waals surface area contributed by atoms with E-state index in [0.29, 0.717) is 5.75 Å². The molecular formula is C24H29NO7S2. The van der Waals surface area contributed by atoms with Crippen molar-refractivity contribution in [3.8, 4) is 16.2 Å². The number of benzene rings is 2. The summed E-state index contributed by atoms with van der Waals surface area (Å²) in [6, 6.07) is 15.3. The van der Waals surface area contributed by atoms with Gasteiger partial charge in [0, 0.05) is 22.3 Å². The standard InChI is InChI=1S/C24H29NO7S2/c1-24(2,3)32-23(27)25(4)18-9-6-16(7-10-18)21-12-17-8-11-20(13-22(17)33-21)30-14-19(26)15-31-34(5,28)29/h6-13,19,26H,14-15H2,1-5H3/t19-/m1/s1. The van der Waals surface area contributed by atoms with Crippen LogP contribution in [-0.2, 0) is 19.0 Å². The van der Waals surface area contributed by atoms with Crippen molar-refractivity contribution in [1.29, 1.82) is 0 Å². The Balaban J connectivity index is 1.67. The highest BCUT2D eigenvalue weighted by molar-refractivity contribution is 7.85. The summed E-state index contributed by atoms with van der Waals surface area (Å²) in [4.78, 5) is 14.8. The molecule has 0 aliphatic carbocycles. The number of rotatable bonds is 8. The number of anilines is 1. The molecule has 0 unspecified atom stereocenters. The summed E-state index contributed by atoms with van der Waals surface area (Å²) < 4.78 is 38.6. The van der Waals surface area contributed by atoms with E-state index in [1.54, 1.807) is 24.5 Å². The number of nitrogens with zero attached hydrogens (tertiary/aromatic N) is 1. The van der Waals surface area contributed by atoms with Crippen molar-refractivity contribution in [2.75, 3.05) is 31.4 Å². The Bertz CT molecular complexity index is 1240. The molecule has 10 heteroatoms. The van der Waals surface area contributed by atoms with Gasteiger partial charge >= 0.3 is 6.09 Å². The summed E-state index contributed by atoms with van der Waals surface area (Å²) in [7, 11) is -1.94. The molecule has 1 amide bonds. The van der Waals surface area contributed by atoms with Crippen LogP contribution in [0.15, 0.2) is 48.5 Å². The first-order valence-electron chi connectivity index (χ1n) is 10.6. The molecule has 3 rings (SSSR count). The maximum Gasteiger partial charge on any atom is 0.414 e. The van der Waals surface area contributed by atoms with Crippen molar-refractivity contribution < 1.29 is 32.0 Å². The van der Waals surface area contributed by atoms with Crippen LogP contribution < -0.4 is 9.64 Å². The largest absolute Gasteiger partial charge is 0.491 e. The molecule has 0 saturated heterocycles. The smallest absolute Gasteiger partial charge is 0.414 e. The lowest BCUT2D eigenvalue weighted by Crippen LogP contribution is -2.34. The molecule has 1 heterocycles. The first kappa shape index (κ1) is 26.0. The Morgan fingerprint density at radius 2 is 1.76 bits per heavy atom. The number of hydrogen-bond acceptors (Lipinski definition) is 8. The SMILES string of the molecule is CN(C(=O)OC(C)(C)C)c1ccc(-c2cc3ccc(OC[C@@H](O)COS(C)(=O)=O)cc3s2)cc1. The van der Waals surface area contributed by atoms with Crippen molar-refractivity contribution in [3.05, 3.63) is 48.5 Å². The van der Waals surface area contributed by atoms with E-state index in [2.05, 4.69) is 10.2 Å². The minimum atomic E-state index is -3.61. The molecule has 0 radical (unpaired) electrons. The molecule has 0 saturated carbocycles. The number of amides is 1. The zero-order chi connectivity index (χ0) is 25.1. The second kappa shape index (κ2) is 10.3. The van der Waals surface area contributed by atoms with Crippen molar-refractivity contribution in [2.45, 2.75) is 32.5 Å². The Hall–Kier alpha value is -2.66. The molecule has 8 nitrogen and oxygen atoms in total. The van der Waals surface area contributed by atoms with Crippen LogP contribution in [0.5, 0.6) is 5.75 Å². The molecular weight excluding hydrogens is 478 g/mol. The summed E-state index contributed by atoms with van der Waals surface area (Å²) in [5.41, 5.74) is 1.18. The molecule has 0 bridgehead atoms. The summed E-state index contributed by atoms with van der Waals surface area (Å²) >= 11 is 1.59. The third kappa shape index (κ3) is 7.42. The number of hydrogen-bond donors (Lipinski definition) is 1. The van der Waals surface area contributed by atoms with Gasteiger partial charge in [-0.3, -0.25) is 9.08 Å². The molecule has 1 aromatic heterocycles. The number of carbonyl (C=O) groups is 1. The highest BCUT2D eigenvalue weighted by Gasteiger charge is 2.20. The van der Waals surface area contributed by atoms with Gasteiger partial charge in [-0.05, 0) is 68.1 Å². The zero-order valence-corrected chi connectivity index (χ0v) is 21.4. The number of fused-ring (bicyclic) bond motifs is 1. The summed E-state index contributed by atoms with van der Waals surface area (Å²) in [5, 5.41) is 10.9. The van der Waals surface area contributed by atoms with Gasteiger partial charge in [0.15, 0.2) is 0 Å². The normalized spacial score (nSPS) is 13.0. The van der Waals surface area contributed by atoms with Gasteiger partial charge in [0.25, 0.3) is 10.1 Å². The maximum absolute atomic E-state index is 12.3. The molecule has 0 spiro atoms. The topological polar surface area (TPSA) is 102 Å². The minimum absolute atomic E-state index is 0.0914. The van der Waals surface area contributed by atoms with Crippen molar-refractivity contribution in [3.63, 3.8) is 0 Å². The quantitative estimate of drug-likeness (QED) is 0.443. The van der Waals surface area contributed by atoms with Crippen LogP contribution in [0.3, 0.4) is 0 Å². The highest BCUT2D eigenvalue weighted by Crippen LogP contribution is 2.36. The van der Waals surface area contributed by atoms with E-state index in [-0.39, 0.29) is 13.2 Å². The highest BCUT2D eigenvalue weighted by atomic mass is 32.2. The van der Waals surface area contributed by atoms with Gasteiger partial charge in [-0.25, -0.2) is 4.79 Å². The number of carbonyl (C=O) groups excluding carboxylic acids is 1. The van der Waals surface area contributed by atoms with Crippen LogP contribution in [0.1, 0.15) is 20.8 Å². The van der Waals surface area contributed by atoms with E-state index in [9.17, 15) is 18.3 Å². The van der Waals surface area contributed by atoms with Gasteiger partial charge in [-0.2, -0.15) is 8.42 Å². The van der Waals surface area contributed by atoms with Crippen molar-refractivity contribution in [2.24, 2.45) is 0 Å². The number of aliphatic hydroxyl groups is 1. The van der Waals surface area contributed by atoms with Gasteiger partial charge in [0.1, 0.15) is 24.1 Å². The first-order valence-corrected chi connectivity index (χ1v) is 13.2. The molecule has 0 aliphatic heterocycles. The fraction of sp³-hybridized carbons (Fsp3) is 0.375. The zero-order valence-electron chi connectivity index (χ0n) is 19.8. The molecule has 1 N–H and O–H groups in total. The first-order chi connectivity index (χ1) is 15.8. The summed E-state index contributed by atoms with van der Waals surface area (Å²) in [6.07, 6.45) is -0.556. The van der Waals surface area contributed by atoms with E-state index in [0.717, 1.165) is 32.5 Å². The van der Waals surface area contributed by atoms with Crippen LogP contribution in [-0.4, -0.2) is 57.8 Å². The Labute approximate surface area is 203 Å². The molecule has 0 fully saturated rings. The molecule has 0 aliphatic rings. The lowest BCUT2D eigenvalue weighted by atomic mass is 10.1. The van der Waals surface area contributed by atoms with Crippen molar-refractivity contribution >= 4 is 43.3 Å². The Kier molecular flexibility index (Phi) is 7.87. The van der Waals surface area contributed by atoms with Crippen LogP contribution in [0, 0.1) is 0 Å². The van der Waals surface area contributed by atoms with E-state index < -0.39 is 27.9 Å². The Morgan fingerprint density at radius 3 is 2.38 bits per heavy atom. The van der Waals surface area contributed by atoms with Gasteiger partial charge in [-0.15, -0.1) is 11.3 Å². The number of ether oxygens (including phenoxy) is 2. The second-order valence-corrected chi connectivity index (χ2v) is 11.6. The van der Waals surface area contributed by atoms with Crippen molar-refractivity contribution in [1.82, 2.24) is 0 Å². The van der Waals surface area contributed by atoms with E-state index >= 15 is 0 Å². The van der Waals surface area contributed by atoms with Crippen LogP contribution in [0.4, 0.5) is 10.5 Å². The van der Waals surface area contributed by atoms with E-state index in [1.807, 2.05) is 57.2 Å². The fourth-order valence-corrected chi connectivity index (χ4v) is 4.47. The average molecular weight is 508 g/mol. The Morgan fingerprint density at radius 1 is 1.09 bits per heavy atom. The third-order valence-electron chi connectivity index (χ3n) is 4.61. The average Bonchev–Trinajstić information content (AvgIpc) is 3.17. The lowest BCUT2D eigenvalue weighted by molar-refractivity contribution is 0.0589. The monoisotopic (exact) mass is 507 g/mol. The predicted molar refractivity (Wildman–Crippen MR) is 134 cm³/mol. The maximum atomic E-state index is 12.3. The third-order valence-corrected chi connectivity index (χ3v) is 6.33. The van der Waals surface area contributed by atoms with Gasteiger partial charge < -0.3 is 14.6 Å². The molecule has 34 heavy (non-hydrogen) atoms. The molecule has 2 aromatic carbocycles. The minimum Gasteiger partial charge on any atom is -0.491 e. The predicted octanol–water partition coefficient (Wildman–Crippen LogP) is 4.66. The van der Waals surface area contributed by atoms with Gasteiger partial charge in [0.05, 0.1) is 12.9 Å². The van der Waals surface area contributed by atoms with E-state index in [4.69, 9.17) is 9.47 Å².